The topological polar surface area (TPSA) is 89.1 Å². The molecule has 2 atom stereocenters. The first kappa shape index (κ1) is 25.1. The highest BCUT2D eigenvalue weighted by Gasteiger charge is 2.55. The highest BCUT2D eigenvalue weighted by atomic mass is 16.5. The van der Waals surface area contributed by atoms with Gasteiger partial charge in [-0.2, -0.15) is 0 Å². The molecule has 1 saturated heterocycles. The van der Waals surface area contributed by atoms with Gasteiger partial charge in [-0.05, 0) is 82.2 Å². The number of piperazine rings is 1. The van der Waals surface area contributed by atoms with Crippen LogP contribution in [0, 0.1) is 0 Å². The van der Waals surface area contributed by atoms with Crippen LogP contribution in [0.3, 0.4) is 0 Å². The van der Waals surface area contributed by atoms with Crippen LogP contribution < -0.4 is 4.74 Å². The van der Waals surface area contributed by atoms with Gasteiger partial charge in [0.15, 0.2) is 0 Å². The Morgan fingerprint density at radius 3 is 2.70 bits per heavy atom. The lowest BCUT2D eigenvalue weighted by atomic mass is 9.78. The average Bonchev–Trinajstić information content (AvgIpc) is 3.22. The van der Waals surface area contributed by atoms with E-state index >= 15 is 0 Å². The van der Waals surface area contributed by atoms with Crippen LogP contribution in [0.4, 0.5) is 0 Å². The van der Waals surface area contributed by atoms with Crippen molar-refractivity contribution >= 4 is 22.7 Å². The van der Waals surface area contributed by atoms with Gasteiger partial charge in [0.2, 0.25) is 11.8 Å². The van der Waals surface area contributed by atoms with E-state index in [4.69, 9.17) is 4.74 Å². The monoisotopic (exact) mass is 504 g/mol. The first-order chi connectivity index (χ1) is 17.6. The standard InChI is InChI=1S/C29H36N4O4/c1-18(2)31(4)12-7-13-32-17-25(35)33-27(19-8-6-9-20(34)14-19)26-23(16-29(33,3)28(32)36)22-15-21(37-5)10-11-24(22)30-26/h6,8-11,14-15,18,27,30,34H,7,12-13,16-17H2,1-5H3/t27-,29+/m1/s1. The van der Waals surface area contributed by atoms with E-state index in [9.17, 15) is 14.7 Å². The maximum absolute atomic E-state index is 14.1. The highest BCUT2D eigenvalue weighted by molar-refractivity contribution is 6.00. The lowest BCUT2D eigenvalue weighted by molar-refractivity contribution is -0.167. The van der Waals surface area contributed by atoms with E-state index in [1.807, 2.05) is 31.2 Å². The molecule has 5 rings (SSSR count). The number of carbonyl (C=O) groups excluding carboxylic acids is 2. The van der Waals surface area contributed by atoms with Crippen molar-refractivity contribution in [3.63, 3.8) is 0 Å². The van der Waals surface area contributed by atoms with Crippen LogP contribution in [0.25, 0.3) is 10.9 Å². The molecule has 0 unspecified atom stereocenters. The number of phenolic OH excluding ortho intramolecular Hbond substituents is 1. The molecule has 0 radical (unpaired) electrons. The number of phenols is 1. The van der Waals surface area contributed by atoms with Gasteiger partial charge in [-0.1, -0.05) is 12.1 Å². The first-order valence-corrected chi connectivity index (χ1v) is 12.9. The van der Waals surface area contributed by atoms with Crippen LogP contribution in [0.1, 0.15) is 50.1 Å². The van der Waals surface area contributed by atoms with Crippen LogP contribution in [-0.2, 0) is 16.0 Å². The van der Waals surface area contributed by atoms with E-state index in [2.05, 4.69) is 30.8 Å². The maximum atomic E-state index is 14.1. The van der Waals surface area contributed by atoms with Gasteiger partial charge in [0.05, 0.1) is 19.7 Å². The number of hydrogen-bond donors (Lipinski definition) is 2. The fourth-order valence-corrected chi connectivity index (χ4v) is 5.85. The molecule has 3 heterocycles. The van der Waals surface area contributed by atoms with Crippen LogP contribution in [0.5, 0.6) is 11.5 Å². The van der Waals surface area contributed by atoms with Gasteiger partial charge in [0, 0.05) is 35.6 Å². The number of aromatic amines is 1. The normalized spacial score (nSPS) is 21.6. The Labute approximate surface area is 217 Å². The van der Waals surface area contributed by atoms with E-state index in [1.54, 1.807) is 35.1 Å². The third kappa shape index (κ3) is 4.23. The predicted octanol–water partition coefficient (Wildman–Crippen LogP) is 3.69. The number of rotatable bonds is 7. The fraction of sp³-hybridized carbons (Fsp3) is 0.448. The lowest BCUT2D eigenvalue weighted by Crippen LogP contribution is -2.69. The molecule has 8 nitrogen and oxygen atoms in total. The fourth-order valence-electron chi connectivity index (χ4n) is 5.85. The SMILES string of the molecule is COc1ccc2[nH]c3c(c2c1)C[C@@]1(C)C(=O)N(CCCN(C)C(C)C)CC(=O)N1[C@@H]3c1cccc(O)c1. The predicted molar refractivity (Wildman–Crippen MR) is 143 cm³/mol. The number of fused-ring (bicyclic) bond motifs is 4. The second kappa shape index (κ2) is 9.41. The van der Waals surface area contributed by atoms with Gasteiger partial charge in [-0.3, -0.25) is 9.59 Å². The Kier molecular flexibility index (Phi) is 6.40. The Morgan fingerprint density at radius 2 is 2.00 bits per heavy atom. The van der Waals surface area contributed by atoms with Crippen LogP contribution in [0.2, 0.25) is 0 Å². The summed E-state index contributed by atoms with van der Waals surface area (Å²) in [4.78, 5) is 37.2. The second-order valence-corrected chi connectivity index (χ2v) is 10.8. The molecule has 0 aliphatic carbocycles. The Hall–Kier alpha value is -3.52. The number of nitrogens with one attached hydrogen (secondary N) is 1. The Balaban J connectivity index is 1.59. The van der Waals surface area contributed by atoms with Crippen molar-refractivity contribution in [1.29, 1.82) is 0 Å². The van der Waals surface area contributed by atoms with Crippen molar-refractivity contribution in [3.05, 3.63) is 59.3 Å². The van der Waals surface area contributed by atoms with Gasteiger partial charge >= 0.3 is 0 Å². The molecule has 0 saturated carbocycles. The van der Waals surface area contributed by atoms with Crippen LogP contribution in [-0.4, -0.2) is 82.0 Å². The molecular formula is C29H36N4O4. The molecule has 0 bridgehead atoms. The molecule has 196 valence electrons. The number of carbonyl (C=O) groups is 2. The third-order valence-corrected chi connectivity index (χ3v) is 8.08. The summed E-state index contributed by atoms with van der Waals surface area (Å²) >= 11 is 0. The molecule has 0 spiro atoms. The van der Waals surface area contributed by atoms with Crippen molar-refractivity contribution < 1.29 is 19.4 Å². The molecule has 2 amide bonds. The van der Waals surface area contributed by atoms with Gasteiger partial charge in [0.1, 0.15) is 17.0 Å². The number of ether oxygens (including phenoxy) is 1. The molecular weight excluding hydrogens is 468 g/mol. The number of aromatic hydroxyl groups is 1. The zero-order valence-electron chi connectivity index (χ0n) is 22.2. The van der Waals surface area contributed by atoms with Crippen LogP contribution in [0.15, 0.2) is 42.5 Å². The minimum Gasteiger partial charge on any atom is -0.508 e. The number of aromatic nitrogens is 1. The second-order valence-electron chi connectivity index (χ2n) is 10.8. The largest absolute Gasteiger partial charge is 0.508 e. The zero-order valence-corrected chi connectivity index (χ0v) is 22.2. The van der Waals surface area contributed by atoms with Gasteiger partial charge in [0.25, 0.3) is 0 Å². The minimum atomic E-state index is -1.05. The molecule has 37 heavy (non-hydrogen) atoms. The van der Waals surface area contributed by atoms with Gasteiger partial charge in [-0.15, -0.1) is 0 Å². The van der Waals surface area contributed by atoms with Crippen molar-refractivity contribution in [2.75, 3.05) is 33.8 Å². The van der Waals surface area contributed by atoms with Crippen molar-refractivity contribution in [2.24, 2.45) is 0 Å². The van der Waals surface area contributed by atoms with E-state index in [0.717, 1.165) is 46.4 Å². The maximum Gasteiger partial charge on any atom is 0.249 e. The number of methoxy groups -OCH3 is 1. The first-order valence-electron chi connectivity index (χ1n) is 12.9. The quantitative estimate of drug-likeness (QED) is 0.512. The molecule has 2 aromatic carbocycles. The van der Waals surface area contributed by atoms with E-state index in [-0.39, 0.29) is 24.1 Å². The summed E-state index contributed by atoms with van der Waals surface area (Å²) in [6.07, 6.45) is 1.20. The van der Waals surface area contributed by atoms with Crippen molar-refractivity contribution in [3.8, 4) is 11.5 Å². The average molecular weight is 505 g/mol. The smallest absolute Gasteiger partial charge is 0.249 e. The van der Waals surface area contributed by atoms with E-state index in [0.29, 0.717) is 19.0 Å². The van der Waals surface area contributed by atoms with E-state index < -0.39 is 11.6 Å². The van der Waals surface area contributed by atoms with E-state index in [1.165, 1.54) is 0 Å². The summed E-state index contributed by atoms with van der Waals surface area (Å²) in [6.45, 7) is 7.62. The van der Waals surface area contributed by atoms with Crippen LogP contribution >= 0.6 is 0 Å². The zero-order chi connectivity index (χ0) is 26.5. The number of benzene rings is 2. The minimum absolute atomic E-state index is 0.0349. The Morgan fingerprint density at radius 1 is 1.22 bits per heavy atom. The molecule has 2 N–H and O–H groups in total. The molecule has 3 aromatic rings. The summed E-state index contributed by atoms with van der Waals surface area (Å²) in [5.41, 5.74) is 2.51. The lowest BCUT2D eigenvalue weighted by Gasteiger charge is -2.53. The summed E-state index contributed by atoms with van der Waals surface area (Å²) in [6, 6.07) is 12.7. The summed E-state index contributed by atoms with van der Waals surface area (Å²) in [7, 11) is 3.71. The molecule has 1 aromatic heterocycles. The summed E-state index contributed by atoms with van der Waals surface area (Å²) in [5.74, 6) is 0.732. The van der Waals surface area contributed by atoms with Crippen molar-refractivity contribution in [1.82, 2.24) is 19.7 Å². The molecule has 8 heteroatoms. The molecule has 2 aliphatic rings. The third-order valence-electron chi connectivity index (χ3n) is 8.08. The highest BCUT2D eigenvalue weighted by Crippen LogP contribution is 2.47. The van der Waals surface area contributed by atoms with Gasteiger partial charge < -0.3 is 29.5 Å². The summed E-state index contributed by atoms with van der Waals surface area (Å²) in [5, 5.41) is 11.3. The summed E-state index contributed by atoms with van der Waals surface area (Å²) < 4.78 is 5.49. The number of nitrogens with zero attached hydrogens (tertiary/aromatic N) is 3. The molecule has 1 fully saturated rings. The van der Waals surface area contributed by atoms with Gasteiger partial charge in [-0.25, -0.2) is 0 Å². The number of hydrogen-bond acceptors (Lipinski definition) is 5. The Bertz CT molecular complexity index is 1350. The number of amides is 2. The number of H-pyrrole nitrogens is 1. The van der Waals surface area contributed by atoms with Crippen molar-refractivity contribution in [2.45, 2.75) is 51.2 Å². The molecule has 2 aliphatic heterocycles.